The van der Waals surface area contributed by atoms with E-state index in [1.54, 1.807) is 0 Å². The van der Waals surface area contributed by atoms with Crippen LogP contribution in [0.2, 0.25) is 11.1 Å². The van der Waals surface area contributed by atoms with Crippen LogP contribution in [0.4, 0.5) is 0 Å². The highest BCUT2D eigenvalue weighted by Crippen LogP contribution is 2.51. The smallest absolute Gasteiger partial charge is 0.344 e. The van der Waals surface area contributed by atoms with Gasteiger partial charge in [-0.3, -0.25) is 0 Å². The van der Waals surface area contributed by atoms with Gasteiger partial charge >= 0.3 is 8.56 Å². The maximum atomic E-state index is 6.32. The van der Waals surface area contributed by atoms with Crippen molar-refractivity contribution in [1.82, 2.24) is 0 Å². The van der Waals surface area contributed by atoms with E-state index in [0.29, 0.717) is 11.8 Å². The van der Waals surface area contributed by atoms with E-state index in [-0.39, 0.29) is 5.04 Å². The topological polar surface area (TPSA) is 18.5 Å². The highest BCUT2D eigenvalue weighted by atomic mass is 28.4. The zero-order chi connectivity index (χ0) is 15.1. The molecule has 1 atom stereocenters. The lowest BCUT2D eigenvalue weighted by atomic mass is 9.83. The van der Waals surface area contributed by atoms with Crippen molar-refractivity contribution in [1.29, 1.82) is 0 Å². The Morgan fingerprint density at radius 2 is 1.42 bits per heavy atom. The number of rotatable bonds is 10. The summed E-state index contributed by atoms with van der Waals surface area (Å²) in [5.41, 5.74) is 0. The predicted molar refractivity (Wildman–Crippen MR) is 86.8 cm³/mol. The second kappa shape index (κ2) is 8.43. The molecule has 0 aliphatic heterocycles. The van der Waals surface area contributed by atoms with Gasteiger partial charge in [0.25, 0.3) is 0 Å². The van der Waals surface area contributed by atoms with Gasteiger partial charge < -0.3 is 8.85 Å². The van der Waals surface area contributed by atoms with Gasteiger partial charge in [0, 0.05) is 18.3 Å². The van der Waals surface area contributed by atoms with Crippen molar-refractivity contribution in [2.45, 2.75) is 79.3 Å². The van der Waals surface area contributed by atoms with Gasteiger partial charge in [0.15, 0.2) is 0 Å². The van der Waals surface area contributed by atoms with Gasteiger partial charge in [-0.15, -0.1) is 0 Å². The van der Waals surface area contributed by atoms with E-state index in [1.807, 2.05) is 0 Å². The molecule has 0 fully saturated rings. The molecule has 0 saturated heterocycles. The summed E-state index contributed by atoms with van der Waals surface area (Å²) in [6, 6.07) is 1.10. The van der Waals surface area contributed by atoms with Crippen LogP contribution in [0.25, 0.3) is 0 Å². The first-order chi connectivity index (χ1) is 8.82. The molecular weight excluding hydrogens is 252 g/mol. The van der Waals surface area contributed by atoms with E-state index >= 15 is 0 Å². The molecule has 0 rings (SSSR count). The molecule has 1 unspecified atom stereocenters. The second-order valence-electron chi connectivity index (χ2n) is 6.35. The molecule has 2 nitrogen and oxygen atoms in total. The van der Waals surface area contributed by atoms with Gasteiger partial charge in [0.05, 0.1) is 0 Å². The summed E-state index contributed by atoms with van der Waals surface area (Å²) in [4.78, 5) is 0. The molecule has 0 aromatic heterocycles. The van der Waals surface area contributed by atoms with Crippen LogP contribution in [0.15, 0.2) is 0 Å². The first-order valence-electron chi connectivity index (χ1n) is 8.10. The molecule has 3 heteroatoms. The minimum Gasteiger partial charge on any atom is -0.394 e. The van der Waals surface area contributed by atoms with Crippen LogP contribution in [0.3, 0.4) is 0 Å². The number of hydrogen-bond donors (Lipinski definition) is 0. The normalized spacial score (nSPS) is 15.0. The number of hydrogen-bond acceptors (Lipinski definition) is 2. The molecule has 0 aliphatic rings. The summed E-state index contributed by atoms with van der Waals surface area (Å²) in [6.45, 7) is 19.7. The Hall–Kier alpha value is 0.137. The Bertz CT molecular complexity index is 222. The summed E-state index contributed by atoms with van der Waals surface area (Å²) in [6.07, 6.45) is 2.34. The monoisotopic (exact) mass is 288 g/mol. The van der Waals surface area contributed by atoms with E-state index in [9.17, 15) is 0 Å². The van der Waals surface area contributed by atoms with Crippen molar-refractivity contribution in [2.24, 2.45) is 11.8 Å². The summed E-state index contributed by atoms with van der Waals surface area (Å²) in [5, 5.41) is 0.151. The molecule has 0 saturated carbocycles. The highest BCUT2D eigenvalue weighted by Gasteiger charge is 2.54. The van der Waals surface area contributed by atoms with Gasteiger partial charge in [0.2, 0.25) is 0 Å². The first-order valence-corrected chi connectivity index (χ1v) is 10.1. The maximum Gasteiger partial charge on any atom is 0.344 e. The zero-order valence-electron chi connectivity index (χ0n) is 14.5. The van der Waals surface area contributed by atoms with Gasteiger partial charge in [-0.05, 0) is 31.7 Å². The minimum atomic E-state index is -2.17. The molecular formula is C16H36O2Si. The van der Waals surface area contributed by atoms with Crippen LogP contribution in [0.5, 0.6) is 0 Å². The summed E-state index contributed by atoms with van der Waals surface area (Å²) in [5.74, 6) is 1.33. The molecule has 116 valence electrons. The Kier molecular flexibility index (Phi) is 8.49. The van der Waals surface area contributed by atoms with E-state index < -0.39 is 8.56 Å². The molecule has 19 heavy (non-hydrogen) atoms. The third-order valence-electron chi connectivity index (χ3n) is 4.49. The third kappa shape index (κ3) is 4.30. The largest absolute Gasteiger partial charge is 0.394 e. The molecule has 0 radical (unpaired) electrons. The molecule has 0 N–H and O–H groups in total. The van der Waals surface area contributed by atoms with Crippen molar-refractivity contribution in [3.63, 3.8) is 0 Å². The van der Waals surface area contributed by atoms with Gasteiger partial charge in [-0.25, -0.2) is 0 Å². The van der Waals surface area contributed by atoms with Crippen LogP contribution < -0.4 is 0 Å². The highest BCUT2D eigenvalue weighted by molar-refractivity contribution is 6.70. The predicted octanol–water partition coefficient (Wildman–Crippen LogP) is 5.37. The van der Waals surface area contributed by atoms with Gasteiger partial charge in [-0.2, -0.15) is 0 Å². The van der Waals surface area contributed by atoms with Crippen molar-refractivity contribution in [3.05, 3.63) is 0 Å². The van der Waals surface area contributed by atoms with Crippen LogP contribution in [-0.4, -0.2) is 21.8 Å². The molecule has 0 amide bonds. The van der Waals surface area contributed by atoms with Crippen LogP contribution in [-0.2, 0) is 8.85 Å². The van der Waals surface area contributed by atoms with Crippen LogP contribution in [0, 0.1) is 11.8 Å². The lowest BCUT2D eigenvalue weighted by Gasteiger charge is -2.48. The first kappa shape index (κ1) is 19.1. The average molecular weight is 289 g/mol. The van der Waals surface area contributed by atoms with Crippen molar-refractivity contribution < 1.29 is 8.85 Å². The minimum absolute atomic E-state index is 0.151. The Labute approximate surface area is 122 Å². The molecule has 0 heterocycles. The van der Waals surface area contributed by atoms with Gasteiger partial charge in [0.1, 0.15) is 0 Å². The van der Waals surface area contributed by atoms with Crippen LogP contribution in [0.1, 0.15) is 68.2 Å². The average Bonchev–Trinajstić information content (AvgIpc) is 2.29. The lowest BCUT2D eigenvalue weighted by Crippen LogP contribution is -2.55. The molecule has 0 spiro atoms. The molecule has 0 aromatic rings. The van der Waals surface area contributed by atoms with E-state index in [2.05, 4.69) is 55.4 Å². The summed E-state index contributed by atoms with van der Waals surface area (Å²) >= 11 is 0. The standard InChI is InChI=1S/C16H36O2Si/c1-9-13-19(17-11-3,18-12-4)16(7,8)15(10-2)14(5)6/h14-15H,9-13H2,1-8H3. The molecule has 0 bridgehead atoms. The fourth-order valence-corrected chi connectivity index (χ4v) is 8.23. The Morgan fingerprint density at radius 1 is 0.947 bits per heavy atom. The van der Waals surface area contributed by atoms with Crippen molar-refractivity contribution in [2.75, 3.05) is 13.2 Å². The van der Waals surface area contributed by atoms with E-state index in [0.717, 1.165) is 25.7 Å². The van der Waals surface area contributed by atoms with Crippen molar-refractivity contribution in [3.8, 4) is 0 Å². The quantitative estimate of drug-likeness (QED) is 0.503. The summed E-state index contributed by atoms with van der Waals surface area (Å²) in [7, 11) is -2.17. The fourth-order valence-electron chi connectivity index (χ4n) is 3.77. The second-order valence-corrected chi connectivity index (χ2v) is 10.2. The SMILES string of the molecule is CCC[Si](OCC)(OCC)C(C)(C)C(CC)C(C)C. The fraction of sp³-hybridized carbons (Fsp3) is 1.00. The summed E-state index contributed by atoms with van der Waals surface area (Å²) < 4.78 is 12.6. The Balaban J connectivity index is 5.50. The molecule has 0 aliphatic carbocycles. The molecule has 0 aromatic carbocycles. The van der Waals surface area contributed by atoms with E-state index in [1.165, 1.54) is 6.42 Å². The van der Waals surface area contributed by atoms with Crippen molar-refractivity contribution >= 4 is 8.56 Å². The van der Waals surface area contributed by atoms with Crippen LogP contribution >= 0.6 is 0 Å². The zero-order valence-corrected chi connectivity index (χ0v) is 15.5. The third-order valence-corrected chi connectivity index (χ3v) is 9.49. The lowest BCUT2D eigenvalue weighted by molar-refractivity contribution is 0.126. The van der Waals surface area contributed by atoms with E-state index in [4.69, 9.17) is 8.85 Å². The maximum absolute atomic E-state index is 6.32. The Morgan fingerprint density at radius 3 is 1.68 bits per heavy atom. The van der Waals surface area contributed by atoms with Gasteiger partial charge in [-0.1, -0.05) is 54.4 Å².